The highest BCUT2D eigenvalue weighted by Crippen LogP contribution is 2.05. The minimum absolute atomic E-state index is 0.113. The molecule has 0 bridgehead atoms. The Kier molecular flexibility index (Phi) is 5.27. The van der Waals surface area contributed by atoms with E-state index in [9.17, 15) is 14.4 Å². The second-order valence-electron chi connectivity index (χ2n) is 4.86. The highest BCUT2D eigenvalue weighted by molar-refractivity contribution is 6.03. The standard InChI is InChI=1S/C12H21N3O3/c1-4-9-12(18)15(11(17)6-13-9)7-10(16)14-5-8(2)3/h8-9,13H,4-7H2,1-3H3,(H,14,16). The van der Waals surface area contributed by atoms with Gasteiger partial charge in [-0.15, -0.1) is 0 Å². The molecule has 1 aliphatic rings. The van der Waals surface area contributed by atoms with E-state index >= 15 is 0 Å². The zero-order valence-corrected chi connectivity index (χ0v) is 11.2. The van der Waals surface area contributed by atoms with Crippen molar-refractivity contribution in [2.75, 3.05) is 19.6 Å². The Morgan fingerprint density at radius 1 is 1.50 bits per heavy atom. The van der Waals surface area contributed by atoms with Gasteiger partial charge in [0.1, 0.15) is 6.54 Å². The van der Waals surface area contributed by atoms with Gasteiger partial charge in [-0.05, 0) is 12.3 Å². The topological polar surface area (TPSA) is 78.5 Å². The lowest BCUT2D eigenvalue weighted by atomic mass is 10.1. The molecule has 0 spiro atoms. The summed E-state index contributed by atoms with van der Waals surface area (Å²) >= 11 is 0. The molecule has 102 valence electrons. The van der Waals surface area contributed by atoms with Crippen LogP contribution in [0.15, 0.2) is 0 Å². The summed E-state index contributed by atoms with van der Waals surface area (Å²) in [5, 5.41) is 5.55. The Labute approximate surface area is 107 Å². The monoisotopic (exact) mass is 255 g/mol. The number of carbonyl (C=O) groups excluding carboxylic acids is 3. The first-order valence-electron chi connectivity index (χ1n) is 6.30. The van der Waals surface area contributed by atoms with Crippen molar-refractivity contribution in [3.63, 3.8) is 0 Å². The van der Waals surface area contributed by atoms with Gasteiger partial charge in [0.05, 0.1) is 12.6 Å². The normalized spacial score (nSPS) is 20.4. The number of hydrogen-bond acceptors (Lipinski definition) is 4. The fourth-order valence-electron chi connectivity index (χ4n) is 1.71. The number of carbonyl (C=O) groups is 3. The van der Waals surface area contributed by atoms with E-state index in [1.54, 1.807) is 0 Å². The minimum atomic E-state index is -0.361. The van der Waals surface area contributed by atoms with Crippen LogP contribution in [0.4, 0.5) is 0 Å². The minimum Gasteiger partial charge on any atom is -0.354 e. The molecule has 1 heterocycles. The first-order valence-corrected chi connectivity index (χ1v) is 6.30. The zero-order chi connectivity index (χ0) is 13.7. The molecule has 1 unspecified atom stereocenters. The summed E-state index contributed by atoms with van der Waals surface area (Å²) < 4.78 is 0. The third kappa shape index (κ3) is 3.80. The fourth-order valence-corrected chi connectivity index (χ4v) is 1.71. The molecular formula is C12H21N3O3. The second kappa shape index (κ2) is 6.49. The molecule has 0 aliphatic carbocycles. The van der Waals surface area contributed by atoms with E-state index in [0.29, 0.717) is 18.9 Å². The molecule has 6 heteroatoms. The maximum atomic E-state index is 11.9. The molecule has 3 amide bonds. The lowest BCUT2D eigenvalue weighted by molar-refractivity contribution is -0.152. The molecule has 1 fully saturated rings. The molecule has 0 aromatic carbocycles. The van der Waals surface area contributed by atoms with Crippen LogP contribution in [0.2, 0.25) is 0 Å². The molecule has 1 saturated heterocycles. The van der Waals surface area contributed by atoms with Crippen LogP contribution < -0.4 is 10.6 Å². The van der Waals surface area contributed by atoms with Gasteiger partial charge in [0.25, 0.3) is 0 Å². The van der Waals surface area contributed by atoms with E-state index in [2.05, 4.69) is 10.6 Å². The molecule has 18 heavy (non-hydrogen) atoms. The molecule has 6 nitrogen and oxygen atoms in total. The highest BCUT2D eigenvalue weighted by atomic mass is 16.2. The third-order valence-corrected chi connectivity index (χ3v) is 2.78. The number of amides is 3. The van der Waals surface area contributed by atoms with Crippen LogP contribution in [0.5, 0.6) is 0 Å². The van der Waals surface area contributed by atoms with Crippen LogP contribution >= 0.6 is 0 Å². The Morgan fingerprint density at radius 3 is 2.72 bits per heavy atom. The Hall–Kier alpha value is -1.43. The van der Waals surface area contributed by atoms with Crippen LogP contribution in [0.1, 0.15) is 27.2 Å². The van der Waals surface area contributed by atoms with Gasteiger partial charge in [0, 0.05) is 6.54 Å². The molecular weight excluding hydrogens is 234 g/mol. The van der Waals surface area contributed by atoms with Gasteiger partial charge in [-0.25, -0.2) is 0 Å². The van der Waals surface area contributed by atoms with Crippen LogP contribution in [0, 0.1) is 5.92 Å². The van der Waals surface area contributed by atoms with Gasteiger partial charge in [-0.2, -0.15) is 0 Å². The summed E-state index contributed by atoms with van der Waals surface area (Å²) in [5.74, 6) is -0.605. The second-order valence-corrected chi connectivity index (χ2v) is 4.86. The SMILES string of the molecule is CCC1NCC(=O)N(CC(=O)NCC(C)C)C1=O. The molecule has 0 aromatic heterocycles. The first kappa shape index (κ1) is 14.6. The fraction of sp³-hybridized carbons (Fsp3) is 0.750. The maximum Gasteiger partial charge on any atom is 0.246 e. The molecule has 0 saturated carbocycles. The summed E-state index contributed by atoms with van der Waals surface area (Å²) in [6, 6.07) is -0.361. The molecule has 0 aromatic rings. The zero-order valence-electron chi connectivity index (χ0n) is 11.2. The van der Waals surface area contributed by atoms with Crippen LogP contribution in [0.3, 0.4) is 0 Å². The number of hydrogen-bond donors (Lipinski definition) is 2. The van der Waals surface area contributed by atoms with E-state index < -0.39 is 0 Å². The van der Waals surface area contributed by atoms with Crippen molar-refractivity contribution < 1.29 is 14.4 Å². The molecule has 1 rings (SSSR count). The predicted molar refractivity (Wildman–Crippen MR) is 66.6 cm³/mol. The number of rotatable bonds is 5. The van der Waals surface area contributed by atoms with Crippen molar-refractivity contribution in [2.24, 2.45) is 5.92 Å². The van der Waals surface area contributed by atoms with Gasteiger partial charge in [-0.1, -0.05) is 20.8 Å². The van der Waals surface area contributed by atoms with E-state index in [1.165, 1.54) is 0 Å². The molecule has 1 atom stereocenters. The van der Waals surface area contributed by atoms with Crippen molar-refractivity contribution in [2.45, 2.75) is 33.2 Å². The summed E-state index contributed by atoms with van der Waals surface area (Å²) in [4.78, 5) is 36.2. The van der Waals surface area contributed by atoms with E-state index in [4.69, 9.17) is 0 Å². The Balaban J connectivity index is 2.55. The van der Waals surface area contributed by atoms with Gasteiger partial charge in [0.15, 0.2) is 0 Å². The molecule has 2 N–H and O–H groups in total. The van der Waals surface area contributed by atoms with Gasteiger partial charge < -0.3 is 5.32 Å². The lowest BCUT2D eigenvalue weighted by Crippen LogP contribution is -2.59. The quantitative estimate of drug-likeness (QED) is 0.649. The Bertz CT molecular complexity index is 341. The van der Waals surface area contributed by atoms with Gasteiger partial charge in [0.2, 0.25) is 17.7 Å². The van der Waals surface area contributed by atoms with Crippen LogP contribution in [-0.2, 0) is 14.4 Å². The van der Waals surface area contributed by atoms with E-state index in [0.717, 1.165) is 4.90 Å². The maximum absolute atomic E-state index is 11.9. The van der Waals surface area contributed by atoms with E-state index in [1.807, 2.05) is 20.8 Å². The van der Waals surface area contributed by atoms with Crippen LogP contribution in [-0.4, -0.2) is 48.3 Å². The largest absolute Gasteiger partial charge is 0.354 e. The van der Waals surface area contributed by atoms with Crippen LogP contribution in [0.25, 0.3) is 0 Å². The average Bonchev–Trinajstić information content (AvgIpc) is 2.32. The number of nitrogens with one attached hydrogen (secondary N) is 2. The van der Waals surface area contributed by atoms with Crippen molar-refractivity contribution >= 4 is 17.7 Å². The third-order valence-electron chi connectivity index (χ3n) is 2.78. The van der Waals surface area contributed by atoms with Gasteiger partial charge in [-0.3, -0.25) is 24.6 Å². The molecule has 1 aliphatic heterocycles. The Morgan fingerprint density at radius 2 is 2.17 bits per heavy atom. The van der Waals surface area contributed by atoms with Crippen molar-refractivity contribution in [1.29, 1.82) is 0 Å². The van der Waals surface area contributed by atoms with E-state index in [-0.39, 0.29) is 36.9 Å². The summed E-state index contributed by atoms with van der Waals surface area (Å²) in [7, 11) is 0. The predicted octanol–water partition coefficient (Wildman–Crippen LogP) is -0.504. The smallest absolute Gasteiger partial charge is 0.246 e. The first-order chi connectivity index (χ1) is 8.45. The van der Waals surface area contributed by atoms with Crippen molar-refractivity contribution in [3.8, 4) is 0 Å². The average molecular weight is 255 g/mol. The lowest BCUT2D eigenvalue weighted by Gasteiger charge is -2.30. The molecule has 0 radical (unpaired) electrons. The summed E-state index contributed by atoms with van der Waals surface area (Å²) in [5.41, 5.74) is 0. The summed E-state index contributed by atoms with van der Waals surface area (Å²) in [6.45, 7) is 6.31. The number of nitrogens with zero attached hydrogens (tertiary/aromatic N) is 1. The van der Waals surface area contributed by atoms with Gasteiger partial charge >= 0.3 is 0 Å². The number of imide groups is 1. The van der Waals surface area contributed by atoms with Crippen molar-refractivity contribution in [1.82, 2.24) is 15.5 Å². The van der Waals surface area contributed by atoms with Crippen molar-refractivity contribution in [3.05, 3.63) is 0 Å². The summed E-state index contributed by atoms with van der Waals surface area (Å²) in [6.07, 6.45) is 0.607. The number of piperazine rings is 1. The highest BCUT2D eigenvalue weighted by Gasteiger charge is 2.33.